The van der Waals surface area contributed by atoms with E-state index in [1.807, 2.05) is 6.92 Å². The van der Waals surface area contributed by atoms with Crippen LogP contribution in [0, 0.1) is 5.92 Å². The van der Waals surface area contributed by atoms with Gasteiger partial charge in [0, 0.05) is 19.2 Å². The Morgan fingerprint density at radius 3 is 2.60 bits per heavy atom. The minimum absolute atomic E-state index is 0.0383. The van der Waals surface area contributed by atoms with Crippen LogP contribution in [0.3, 0.4) is 0 Å². The molecule has 0 aliphatic carbocycles. The van der Waals surface area contributed by atoms with E-state index in [1.54, 1.807) is 0 Å². The highest BCUT2D eigenvalue weighted by Crippen LogP contribution is 2.28. The Kier molecular flexibility index (Phi) is 6.48. The lowest BCUT2D eigenvalue weighted by molar-refractivity contribution is -0.144. The molecule has 8 heteroatoms. The first-order valence-corrected chi connectivity index (χ1v) is 6.71. The summed E-state index contributed by atoms with van der Waals surface area (Å²) < 4.78 is 37.6. The molecule has 0 saturated heterocycles. The summed E-state index contributed by atoms with van der Waals surface area (Å²) in [5.41, 5.74) is 0. The lowest BCUT2D eigenvalue weighted by Crippen LogP contribution is -2.18. The molecule has 0 aromatic carbocycles. The number of rotatable bonds is 7. The molecule has 0 aliphatic rings. The number of hydrogen-bond donors (Lipinski definition) is 2. The second-order valence-electron chi connectivity index (χ2n) is 4.45. The highest BCUT2D eigenvalue weighted by molar-refractivity contribution is 6.29. The van der Waals surface area contributed by atoms with E-state index in [0.717, 1.165) is 12.8 Å². The molecule has 0 radical (unpaired) electrons. The molecule has 1 unspecified atom stereocenters. The van der Waals surface area contributed by atoms with Crippen LogP contribution in [-0.4, -0.2) is 28.2 Å². The second kappa shape index (κ2) is 7.64. The number of aromatic nitrogens is 2. The molecule has 0 bridgehead atoms. The lowest BCUT2D eigenvalue weighted by atomic mass is 10.0. The van der Waals surface area contributed by atoms with Gasteiger partial charge in [-0.1, -0.05) is 24.9 Å². The van der Waals surface area contributed by atoms with Crippen molar-refractivity contribution in [1.82, 2.24) is 9.97 Å². The second-order valence-corrected chi connectivity index (χ2v) is 4.83. The molecule has 4 nitrogen and oxygen atoms in total. The summed E-state index contributed by atoms with van der Waals surface area (Å²) in [5, 5.41) is 11.5. The first-order valence-electron chi connectivity index (χ1n) is 6.33. The number of halogens is 4. The Morgan fingerprint density at radius 1 is 1.35 bits per heavy atom. The quantitative estimate of drug-likeness (QED) is 0.758. The minimum Gasteiger partial charge on any atom is -0.396 e. The maximum atomic E-state index is 12.5. The maximum absolute atomic E-state index is 12.5. The van der Waals surface area contributed by atoms with Crippen molar-refractivity contribution in [2.24, 2.45) is 5.92 Å². The molecule has 1 rings (SSSR count). The Bertz CT molecular complexity index is 423. The van der Waals surface area contributed by atoms with Crippen LogP contribution < -0.4 is 5.32 Å². The molecule has 1 aromatic heterocycles. The zero-order chi connectivity index (χ0) is 15.2. The first kappa shape index (κ1) is 17.0. The van der Waals surface area contributed by atoms with Gasteiger partial charge in [0.1, 0.15) is 11.0 Å². The van der Waals surface area contributed by atoms with E-state index in [1.165, 1.54) is 6.07 Å². The van der Waals surface area contributed by atoms with E-state index >= 15 is 0 Å². The largest absolute Gasteiger partial charge is 0.451 e. The van der Waals surface area contributed by atoms with Gasteiger partial charge in [0.2, 0.25) is 5.82 Å². The van der Waals surface area contributed by atoms with Gasteiger partial charge in [-0.15, -0.1) is 0 Å². The summed E-state index contributed by atoms with van der Waals surface area (Å²) in [6, 6.07) is 1.25. The normalized spacial score (nSPS) is 13.3. The topological polar surface area (TPSA) is 58.0 Å². The van der Waals surface area contributed by atoms with Crippen LogP contribution in [0.5, 0.6) is 0 Å². The molecule has 1 aromatic rings. The molecule has 1 atom stereocenters. The van der Waals surface area contributed by atoms with Crippen LogP contribution in [0.1, 0.15) is 32.0 Å². The van der Waals surface area contributed by atoms with Crippen LogP contribution in [0.4, 0.5) is 19.0 Å². The predicted octanol–water partition coefficient (Wildman–Crippen LogP) is 3.36. The molecule has 0 saturated carbocycles. The fraction of sp³-hybridized carbons (Fsp3) is 0.667. The van der Waals surface area contributed by atoms with Crippen molar-refractivity contribution in [2.75, 3.05) is 18.5 Å². The molecule has 1 heterocycles. The third-order valence-electron chi connectivity index (χ3n) is 2.75. The smallest absolute Gasteiger partial charge is 0.396 e. The summed E-state index contributed by atoms with van der Waals surface area (Å²) in [7, 11) is 0. The van der Waals surface area contributed by atoms with Crippen molar-refractivity contribution < 1.29 is 18.3 Å². The Hall–Kier alpha value is -1.08. The van der Waals surface area contributed by atoms with E-state index in [0.29, 0.717) is 13.0 Å². The van der Waals surface area contributed by atoms with Gasteiger partial charge in [0.25, 0.3) is 0 Å². The summed E-state index contributed by atoms with van der Waals surface area (Å²) >= 11 is 5.56. The average Bonchev–Trinajstić information content (AvgIpc) is 2.35. The predicted molar refractivity (Wildman–Crippen MR) is 70.6 cm³/mol. The molecule has 20 heavy (non-hydrogen) atoms. The van der Waals surface area contributed by atoms with Crippen molar-refractivity contribution in [3.05, 3.63) is 17.0 Å². The number of anilines is 1. The first-order chi connectivity index (χ1) is 9.36. The van der Waals surface area contributed by atoms with Crippen molar-refractivity contribution >= 4 is 17.4 Å². The average molecular weight is 312 g/mol. The number of aliphatic hydroxyl groups is 1. The van der Waals surface area contributed by atoms with Gasteiger partial charge in [-0.3, -0.25) is 0 Å². The third kappa shape index (κ3) is 5.50. The molecular weight excluding hydrogens is 295 g/mol. The Morgan fingerprint density at radius 2 is 2.05 bits per heavy atom. The van der Waals surface area contributed by atoms with E-state index in [4.69, 9.17) is 16.7 Å². The molecular formula is C12H17ClF3N3O. The van der Waals surface area contributed by atoms with Crippen LogP contribution in [0.15, 0.2) is 6.07 Å². The molecule has 114 valence electrons. The van der Waals surface area contributed by atoms with Gasteiger partial charge in [-0.05, 0) is 18.8 Å². The summed E-state index contributed by atoms with van der Waals surface area (Å²) in [6.45, 7) is 2.48. The number of alkyl halides is 3. The van der Waals surface area contributed by atoms with Gasteiger partial charge in [0.05, 0.1) is 0 Å². The molecule has 0 spiro atoms. The highest BCUT2D eigenvalue weighted by atomic mass is 35.5. The minimum atomic E-state index is -4.63. The van der Waals surface area contributed by atoms with Crippen molar-refractivity contribution in [3.8, 4) is 0 Å². The van der Waals surface area contributed by atoms with Crippen LogP contribution in [0.2, 0.25) is 5.15 Å². The van der Waals surface area contributed by atoms with Gasteiger partial charge < -0.3 is 10.4 Å². The fourth-order valence-electron chi connectivity index (χ4n) is 1.82. The van der Waals surface area contributed by atoms with E-state index < -0.39 is 12.0 Å². The Labute approximate surface area is 120 Å². The lowest BCUT2D eigenvalue weighted by Gasteiger charge is -2.16. The van der Waals surface area contributed by atoms with E-state index in [9.17, 15) is 13.2 Å². The summed E-state index contributed by atoms with van der Waals surface area (Å²) in [5.74, 6) is -1.05. The number of nitrogens with zero attached hydrogens (tertiary/aromatic N) is 2. The zero-order valence-corrected chi connectivity index (χ0v) is 11.8. The summed E-state index contributed by atoms with van der Waals surface area (Å²) in [6.07, 6.45) is -2.23. The number of aliphatic hydroxyl groups excluding tert-OH is 1. The molecule has 0 aliphatic heterocycles. The van der Waals surface area contributed by atoms with Gasteiger partial charge in [-0.25, -0.2) is 9.97 Å². The van der Waals surface area contributed by atoms with Gasteiger partial charge in [0.15, 0.2) is 0 Å². The summed E-state index contributed by atoms with van der Waals surface area (Å²) in [4.78, 5) is 6.56. The van der Waals surface area contributed by atoms with E-state index in [2.05, 4.69) is 15.3 Å². The van der Waals surface area contributed by atoms with Crippen LogP contribution >= 0.6 is 11.6 Å². The Balaban J connectivity index is 2.74. The number of nitrogens with one attached hydrogen (secondary N) is 1. The number of hydrogen-bond acceptors (Lipinski definition) is 4. The van der Waals surface area contributed by atoms with Gasteiger partial charge in [-0.2, -0.15) is 13.2 Å². The van der Waals surface area contributed by atoms with Gasteiger partial charge >= 0.3 is 6.18 Å². The maximum Gasteiger partial charge on any atom is 0.451 e. The van der Waals surface area contributed by atoms with Crippen LogP contribution in [0.25, 0.3) is 0 Å². The van der Waals surface area contributed by atoms with Crippen molar-refractivity contribution in [1.29, 1.82) is 0 Å². The van der Waals surface area contributed by atoms with Crippen molar-refractivity contribution in [3.63, 3.8) is 0 Å². The molecule has 0 fully saturated rings. The zero-order valence-electron chi connectivity index (χ0n) is 11.0. The molecule has 0 amide bonds. The third-order valence-corrected chi connectivity index (χ3v) is 2.95. The van der Waals surface area contributed by atoms with E-state index in [-0.39, 0.29) is 23.5 Å². The fourth-order valence-corrected chi connectivity index (χ4v) is 2.01. The monoisotopic (exact) mass is 311 g/mol. The molecule has 2 N–H and O–H groups in total. The highest BCUT2D eigenvalue weighted by Gasteiger charge is 2.35. The SMILES string of the molecule is CCCC(CCO)CNc1cc(Cl)nc(C(F)(F)F)n1. The van der Waals surface area contributed by atoms with Crippen LogP contribution in [-0.2, 0) is 6.18 Å². The van der Waals surface area contributed by atoms with Crippen molar-refractivity contribution in [2.45, 2.75) is 32.4 Å². The standard InChI is InChI=1S/C12H17ClF3N3O/c1-2-3-8(4-5-20)7-17-10-6-9(13)18-11(19-10)12(14,15)16/h6,8,20H,2-5,7H2,1H3,(H,17,18,19).